The first-order valence-corrected chi connectivity index (χ1v) is 6.15. The predicted molar refractivity (Wildman–Crippen MR) is 67.9 cm³/mol. The number of carboxylic acids is 1. The number of carboxylic acid groups (broad SMARTS) is 1. The molecule has 3 rings (SSSR count). The number of aliphatic hydroxyl groups excluding tert-OH is 2. The molecule has 0 radical (unpaired) electrons. The molecule has 5 N–H and O–H groups in total. The number of aliphatic hydroxyl groups is 2. The van der Waals surface area contributed by atoms with Crippen molar-refractivity contribution in [1.29, 1.82) is 0 Å². The second kappa shape index (κ2) is 4.91. The van der Waals surface area contributed by atoms with Crippen molar-refractivity contribution in [3.05, 3.63) is 12.7 Å². The summed E-state index contributed by atoms with van der Waals surface area (Å²) in [6.07, 6.45) is -2.46. The number of imidazole rings is 1. The van der Waals surface area contributed by atoms with Gasteiger partial charge in [-0.05, 0) is 0 Å². The van der Waals surface area contributed by atoms with Gasteiger partial charge in [0.1, 0.15) is 24.1 Å². The van der Waals surface area contributed by atoms with Crippen molar-refractivity contribution in [3.63, 3.8) is 0 Å². The van der Waals surface area contributed by atoms with Gasteiger partial charge < -0.3 is 25.8 Å². The highest BCUT2D eigenvalue weighted by atomic mass is 16.6. The Morgan fingerprint density at radius 2 is 2.10 bits per heavy atom. The summed E-state index contributed by atoms with van der Waals surface area (Å²) in [5.41, 5.74) is 6.33. The molecule has 0 amide bonds. The van der Waals surface area contributed by atoms with Gasteiger partial charge in [0, 0.05) is 0 Å². The molecule has 0 saturated carbocycles. The Kier molecular flexibility index (Phi) is 3.20. The molecule has 1 fully saturated rings. The third kappa shape index (κ3) is 2.18. The van der Waals surface area contributed by atoms with Crippen LogP contribution < -0.4 is 5.73 Å². The SMILES string of the molecule is Nc1ncnc2c1ncn2[C@@H]1O[C@H](CC(=O)O)[C@@H](O)[C@H]1O. The Balaban J connectivity index is 1.96. The van der Waals surface area contributed by atoms with Gasteiger partial charge in [-0.15, -0.1) is 0 Å². The highest BCUT2D eigenvalue weighted by molar-refractivity contribution is 5.81. The molecule has 0 bridgehead atoms. The van der Waals surface area contributed by atoms with E-state index in [1.54, 1.807) is 0 Å². The molecule has 0 aromatic carbocycles. The van der Waals surface area contributed by atoms with Crippen LogP contribution in [0.25, 0.3) is 11.2 Å². The number of hydrogen-bond acceptors (Lipinski definition) is 8. The van der Waals surface area contributed by atoms with Crippen molar-refractivity contribution in [2.24, 2.45) is 0 Å². The van der Waals surface area contributed by atoms with Crippen LogP contribution in [-0.2, 0) is 9.53 Å². The van der Waals surface area contributed by atoms with Crippen LogP contribution in [0.5, 0.6) is 0 Å². The molecule has 21 heavy (non-hydrogen) atoms. The van der Waals surface area contributed by atoms with Crippen LogP contribution in [0.2, 0.25) is 0 Å². The number of carbonyl (C=O) groups is 1. The fraction of sp³-hybridized carbons (Fsp3) is 0.455. The Hall–Kier alpha value is -2.30. The molecule has 4 atom stereocenters. The average molecular weight is 295 g/mol. The van der Waals surface area contributed by atoms with E-state index in [0.717, 1.165) is 0 Å². The molecule has 3 heterocycles. The van der Waals surface area contributed by atoms with E-state index in [1.165, 1.54) is 17.2 Å². The highest BCUT2D eigenvalue weighted by Crippen LogP contribution is 2.33. The van der Waals surface area contributed by atoms with E-state index in [2.05, 4.69) is 15.0 Å². The minimum atomic E-state index is -1.32. The molecule has 0 unspecified atom stereocenters. The molecular formula is C11H13N5O5. The van der Waals surface area contributed by atoms with E-state index in [9.17, 15) is 15.0 Å². The van der Waals surface area contributed by atoms with Crippen LogP contribution in [0.15, 0.2) is 12.7 Å². The van der Waals surface area contributed by atoms with Crippen LogP contribution in [0.1, 0.15) is 12.6 Å². The van der Waals surface area contributed by atoms with Gasteiger partial charge in [-0.1, -0.05) is 0 Å². The maximum Gasteiger partial charge on any atom is 0.306 e. The van der Waals surface area contributed by atoms with Crippen molar-refractivity contribution >= 4 is 23.0 Å². The lowest BCUT2D eigenvalue weighted by Crippen LogP contribution is -2.32. The third-order valence-corrected chi connectivity index (χ3v) is 3.37. The van der Waals surface area contributed by atoms with Crippen LogP contribution in [-0.4, -0.2) is 59.1 Å². The number of nitrogens with zero attached hydrogens (tertiary/aromatic N) is 4. The first kappa shape index (κ1) is 13.7. The van der Waals surface area contributed by atoms with Crippen LogP contribution in [0.3, 0.4) is 0 Å². The summed E-state index contributed by atoms with van der Waals surface area (Å²) in [6.45, 7) is 0. The Bertz CT molecular complexity index is 689. The molecule has 2 aromatic heterocycles. The number of nitrogen functional groups attached to an aromatic ring is 1. The highest BCUT2D eigenvalue weighted by Gasteiger charge is 2.45. The van der Waals surface area contributed by atoms with Crippen LogP contribution in [0, 0.1) is 0 Å². The van der Waals surface area contributed by atoms with Crippen molar-refractivity contribution < 1.29 is 24.9 Å². The molecule has 112 valence electrons. The summed E-state index contributed by atoms with van der Waals surface area (Å²) in [5.74, 6) is -0.956. The molecule has 2 aromatic rings. The van der Waals surface area contributed by atoms with Gasteiger partial charge >= 0.3 is 5.97 Å². The summed E-state index contributed by atoms with van der Waals surface area (Å²) >= 11 is 0. The van der Waals surface area contributed by atoms with Crippen molar-refractivity contribution in [3.8, 4) is 0 Å². The maximum atomic E-state index is 10.7. The van der Waals surface area contributed by atoms with Gasteiger partial charge in [-0.3, -0.25) is 9.36 Å². The lowest BCUT2D eigenvalue weighted by Gasteiger charge is -2.16. The van der Waals surface area contributed by atoms with Gasteiger partial charge in [0.2, 0.25) is 0 Å². The number of fused-ring (bicyclic) bond motifs is 1. The maximum absolute atomic E-state index is 10.7. The molecule has 1 aliphatic heterocycles. The minimum Gasteiger partial charge on any atom is -0.481 e. The summed E-state index contributed by atoms with van der Waals surface area (Å²) < 4.78 is 6.82. The summed E-state index contributed by atoms with van der Waals surface area (Å²) in [4.78, 5) is 22.6. The van der Waals surface area contributed by atoms with E-state index in [1.807, 2.05) is 0 Å². The molecule has 1 aliphatic rings. The fourth-order valence-electron chi connectivity index (χ4n) is 2.36. The van der Waals surface area contributed by atoms with E-state index in [0.29, 0.717) is 11.2 Å². The van der Waals surface area contributed by atoms with Gasteiger partial charge in [0.05, 0.1) is 18.9 Å². The lowest BCUT2D eigenvalue weighted by molar-refractivity contribution is -0.141. The van der Waals surface area contributed by atoms with Crippen LogP contribution >= 0.6 is 0 Å². The number of aromatic nitrogens is 4. The normalized spacial score (nSPS) is 29.0. The molecule has 10 nitrogen and oxygen atoms in total. The lowest BCUT2D eigenvalue weighted by atomic mass is 10.1. The average Bonchev–Trinajstić information content (AvgIpc) is 2.96. The Morgan fingerprint density at radius 3 is 2.81 bits per heavy atom. The number of rotatable bonds is 3. The number of aliphatic carboxylic acids is 1. The monoisotopic (exact) mass is 295 g/mol. The van der Waals surface area contributed by atoms with E-state index in [-0.39, 0.29) is 5.82 Å². The zero-order valence-corrected chi connectivity index (χ0v) is 10.7. The summed E-state index contributed by atoms with van der Waals surface area (Å²) in [5, 5.41) is 28.7. The molecule has 1 saturated heterocycles. The van der Waals surface area contributed by atoms with Crippen molar-refractivity contribution in [2.45, 2.75) is 31.0 Å². The van der Waals surface area contributed by atoms with Crippen LogP contribution in [0.4, 0.5) is 5.82 Å². The molecule has 0 aliphatic carbocycles. The second-order valence-corrected chi connectivity index (χ2v) is 4.73. The van der Waals surface area contributed by atoms with E-state index in [4.69, 9.17) is 15.6 Å². The molecule has 0 spiro atoms. The van der Waals surface area contributed by atoms with Gasteiger partial charge in [-0.2, -0.15) is 0 Å². The molecule has 10 heteroatoms. The Morgan fingerprint density at radius 1 is 1.33 bits per heavy atom. The number of anilines is 1. The first-order chi connectivity index (χ1) is 9.99. The van der Waals surface area contributed by atoms with Gasteiger partial charge in [-0.25, -0.2) is 15.0 Å². The zero-order chi connectivity index (χ0) is 15.1. The quantitative estimate of drug-likeness (QED) is 0.529. The first-order valence-electron chi connectivity index (χ1n) is 6.15. The summed E-state index contributed by atoms with van der Waals surface area (Å²) in [7, 11) is 0. The van der Waals surface area contributed by atoms with Gasteiger partial charge in [0.15, 0.2) is 17.7 Å². The third-order valence-electron chi connectivity index (χ3n) is 3.37. The largest absolute Gasteiger partial charge is 0.481 e. The number of ether oxygens (including phenoxy) is 1. The van der Waals surface area contributed by atoms with Crippen molar-refractivity contribution in [2.75, 3.05) is 5.73 Å². The Labute approximate surface area is 117 Å². The summed E-state index contributed by atoms with van der Waals surface area (Å²) in [6, 6.07) is 0. The van der Waals surface area contributed by atoms with Crippen molar-refractivity contribution in [1.82, 2.24) is 19.5 Å². The van der Waals surface area contributed by atoms with E-state index < -0.39 is 36.9 Å². The van der Waals surface area contributed by atoms with Gasteiger partial charge in [0.25, 0.3) is 0 Å². The topological polar surface area (TPSA) is 157 Å². The van der Waals surface area contributed by atoms with E-state index >= 15 is 0 Å². The fourth-order valence-corrected chi connectivity index (χ4v) is 2.36. The minimum absolute atomic E-state index is 0.175. The smallest absolute Gasteiger partial charge is 0.306 e. The standard InChI is InChI=1S/C11H13N5O5/c12-9-6-10(14-2-13-9)16(3-15-6)11-8(20)7(19)4(21-11)1-5(17)18/h2-4,7-8,11,19-20H,1H2,(H,17,18)(H2,12,13,14)/t4-,7-,8-,11-/m1/s1. The number of nitrogens with two attached hydrogens (primary N) is 1. The zero-order valence-electron chi connectivity index (χ0n) is 10.7. The predicted octanol–water partition coefficient (Wildman–Crippen LogP) is -1.50. The second-order valence-electron chi connectivity index (χ2n) is 4.73. The molecular weight excluding hydrogens is 282 g/mol. The number of hydrogen-bond donors (Lipinski definition) is 4.